The Morgan fingerprint density at radius 1 is 1.13 bits per heavy atom. The zero-order chi connectivity index (χ0) is 26.6. The molecular weight excluding hydrogens is 484 g/mol. The number of methoxy groups -OCH3 is 1. The van der Waals surface area contributed by atoms with Crippen molar-refractivity contribution in [3.05, 3.63) is 65.1 Å². The van der Waals surface area contributed by atoms with Crippen LogP contribution < -0.4 is 21.7 Å². The van der Waals surface area contributed by atoms with Crippen molar-refractivity contribution < 1.29 is 19.1 Å². The number of amides is 3. The lowest BCUT2D eigenvalue weighted by molar-refractivity contribution is -0.116. The minimum atomic E-state index is -0.603. The van der Waals surface area contributed by atoms with Crippen molar-refractivity contribution in [2.75, 3.05) is 17.7 Å². The number of carbonyl (C=O) groups excluding carboxylic acids is 3. The first-order valence-electron chi connectivity index (χ1n) is 12.9. The Labute approximate surface area is 220 Å². The van der Waals surface area contributed by atoms with Gasteiger partial charge in [0.1, 0.15) is 5.82 Å². The number of hydrogen-bond acceptors (Lipinski definition) is 6. The van der Waals surface area contributed by atoms with Crippen LogP contribution in [0.1, 0.15) is 77.8 Å². The van der Waals surface area contributed by atoms with Crippen LogP contribution in [0, 0.1) is 0 Å². The smallest absolute Gasteiger partial charge is 0.411 e. The quantitative estimate of drug-likeness (QED) is 0.335. The Balaban J connectivity index is 1.42. The van der Waals surface area contributed by atoms with E-state index in [1.54, 1.807) is 24.4 Å². The Kier molecular flexibility index (Phi) is 7.41. The normalized spacial score (nSPS) is 17.3. The number of fused-ring (bicyclic) bond motifs is 4. The van der Waals surface area contributed by atoms with E-state index < -0.39 is 6.09 Å². The van der Waals surface area contributed by atoms with E-state index >= 15 is 0 Å². The Bertz CT molecular complexity index is 1360. The SMILES string of the molecule is COC(=O)Nc1ccc2c(c1)NC(=O)CCCCC(NC(=O)c1ccc(CN)c(C3CC3)c1)c1ncc-2[nH]1. The Hall–Kier alpha value is -4.18. The number of aromatic amines is 1. The lowest BCUT2D eigenvalue weighted by Crippen LogP contribution is -2.29. The molecule has 0 spiro atoms. The first-order chi connectivity index (χ1) is 18.4. The van der Waals surface area contributed by atoms with Gasteiger partial charge in [0.05, 0.1) is 30.7 Å². The van der Waals surface area contributed by atoms with Crippen LogP contribution in [0.4, 0.5) is 16.2 Å². The van der Waals surface area contributed by atoms with Crippen LogP contribution in [-0.4, -0.2) is 35.0 Å². The molecule has 10 nitrogen and oxygen atoms in total. The van der Waals surface area contributed by atoms with E-state index in [9.17, 15) is 14.4 Å². The van der Waals surface area contributed by atoms with E-state index in [1.807, 2.05) is 18.2 Å². The highest BCUT2D eigenvalue weighted by atomic mass is 16.5. The number of nitrogens with two attached hydrogens (primary N) is 1. The number of benzene rings is 2. The largest absolute Gasteiger partial charge is 0.453 e. The molecule has 1 aliphatic carbocycles. The monoisotopic (exact) mass is 516 g/mol. The van der Waals surface area contributed by atoms with Gasteiger partial charge in [-0.1, -0.05) is 12.5 Å². The van der Waals surface area contributed by atoms with Gasteiger partial charge in [-0.15, -0.1) is 0 Å². The molecule has 1 aromatic heterocycles. The first kappa shape index (κ1) is 25.5. The molecule has 6 N–H and O–H groups in total. The van der Waals surface area contributed by atoms with Crippen molar-refractivity contribution in [1.29, 1.82) is 0 Å². The highest BCUT2D eigenvalue weighted by Gasteiger charge is 2.27. The highest BCUT2D eigenvalue weighted by molar-refractivity contribution is 5.97. The van der Waals surface area contributed by atoms with Crippen molar-refractivity contribution in [2.24, 2.45) is 5.73 Å². The average Bonchev–Trinajstić information content (AvgIpc) is 3.65. The summed E-state index contributed by atoms with van der Waals surface area (Å²) >= 11 is 0. The third kappa shape index (κ3) is 5.70. The van der Waals surface area contributed by atoms with E-state index in [0.717, 1.165) is 24.8 Å². The highest BCUT2D eigenvalue weighted by Crippen LogP contribution is 2.42. The number of H-pyrrole nitrogens is 1. The molecular formula is C28H32N6O4. The lowest BCUT2D eigenvalue weighted by atomic mass is 9.99. The molecule has 3 amide bonds. The first-order valence-corrected chi connectivity index (χ1v) is 12.9. The van der Waals surface area contributed by atoms with E-state index in [4.69, 9.17) is 5.73 Å². The number of anilines is 2. The summed E-state index contributed by atoms with van der Waals surface area (Å²) in [6.45, 7) is 0.459. The van der Waals surface area contributed by atoms with Gasteiger partial charge in [0.15, 0.2) is 0 Å². The van der Waals surface area contributed by atoms with Gasteiger partial charge in [-0.3, -0.25) is 14.9 Å². The summed E-state index contributed by atoms with van der Waals surface area (Å²) in [4.78, 5) is 45.6. The molecule has 0 radical (unpaired) electrons. The minimum absolute atomic E-state index is 0.130. The number of nitrogens with zero attached hydrogens (tertiary/aromatic N) is 1. The zero-order valence-electron chi connectivity index (χ0n) is 21.3. The predicted octanol–water partition coefficient (Wildman–Crippen LogP) is 4.57. The average molecular weight is 517 g/mol. The summed E-state index contributed by atoms with van der Waals surface area (Å²) in [5.74, 6) is 0.839. The lowest BCUT2D eigenvalue weighted by Gasteiger charge is -2.19. The predicted molar refractivity (Wildman–Crippen MR) is 144 cm³/mol. The van der Waals surface area contributed by atoms with E-state index in [2.05, 4.69) is 30.7 Å². The molecule has 3 aromatic rings. The van der Waals surface area contributed by atoms with Crippen molar-refractivity contribution in [1.82, 2.24) is 15.3 Å². The molecule has 2 heterocycles. The number of hydrogen-bond donors (Lipinski definition) is 5. The molecule has 1 unspecified atom stereocenters. The topological polar surface area (TPSA) is 151 Å². The summed E-state index contributed by atoms with van der Waals surface area (Å²) < 4.78 is 4.67. The summed E-state index contributed by atoms with van der Waals surface area (Å²) in [5, 5.41) is 8.71. The van der Waals surface area contributed by atoms with Crippen LogP contribution in [0.2, 0.25) is 0 Å². The van der Waals surface area contributed by atoms with Gasteiger partial charge in [0.25, 0.3) is 5.91 Å². The van der Waals surface area contributed by atoms with Gasteiger partial charge in [-0.05, 0) is 73.1 Å². The molecule has 1 fully saturated rings. The molecule has 1 aliphatic heterocycles. The van der Waals surface area contributed by atoms with Crippen molar-refractivity contribution >= 4 is 29.3 Å². The third-order valence-corrected chi connectivity index (χ3v) is 7.04. The summed E-state index contributed by atoms with van der Waals surface area (Å²) in [6.07, 6.45) is 5.69. The van der Waals surface area contributed by atoms with Crippen LogP contribution in [-0.2, 0) is 16.1 Å². The fraction of sp³-hybridized carbons (Fsp3) is 0.357. The van der Waals surface area contributed by atoms with Gasteiger partial charge in [-0.2, -0.15) is 0 Å². The molecule has 10 heteroatoms. The maximum atomic E-state index is 13.3. The number of rotatable bonds is 5. The number of imidazole rings is 1. The second-order valence-electron chi connectivity index (χ2n) is 9.77. The molecule has 1 saturated carbocycles. The van der Waals surface area contributed by atoms with Crippen molar-refractivity contribution in [3.8, 4) is 11.3 Å². The third-order valence-electron chi connectivity index (χ3n) is 7.04. The van der Waals surface area contributed by atoms with Gasteiger partial charge >= 0.3 is 6.09 Å². The Morgan fingerprint density at radius 2 is 1.97 bits per heavy atom. The van der Waals surface area contributed by atoms with E-state index in [1.165, 1.54) is 12.7 Å². The zero-order valence-corrected chi connectivity index (χ0v) is 21.3. The molecule has 1 atom stereocenters. The second kappa shape index (κ2) is 11.1. The van der Waals surface area contributed by atoms with Gasteiger partial charge < -0.3 is 26.1 Å². The fourth-order valence-electron chi connectivity index (χ4n) is 4.84. The van der Waals surface area contributed by atoms with E-state index in [0.29, 0.717) is 65.7 Å². The minimum Gasteiger partial charge on any atom is -0.453 e. The molecule has 0 saturated heterocycles. The standard InChI is InChI=1S/C28H32N6O4/c1-38-28(37)31-19-10-11-20-23(13-19)32-25(35)5-3-2-4-22(26-30-15-24(20)33-26)34-27(36)17-8-9-18(14-29)21(12-17)16-6-7-16/h8-13,15-16,22H,2-7,14,29H2,1H3,(H,30,33)(H,31,37)(H,32,35)(H,34,36). The van der Waals surface area contributed by atoms with Gasteiger partial charge in [0.2, 0.25) is 5.91 Å². The van der Waals surface area contributed by atoms with Crippen molar-refractivity contribution in [3.63, 3.8) is 0 Å². The number of ether oxygens (including phenoxy) is 1. The second-order valence-corrected chi connectivity index (χ2v) is 9.77. The number of nitrogens with one attached hydrogen (secondary N) is 4. The van der Waals surface area contributed by atoms with E-state index in [-0.39, 0.29) is 17.9 Å². The van der Waals surface area contributed by atoms with Crippen LogP contribution in [0.15, 0.2) is 42.6 Å². The van der Waals surface area contributed by atoms with Gasteiger partial charge in [-0.25, -0.2) is 9.78 Å². The van der Waals surface area contributed by atoms with Crippen LogP contribution in [0.25, 0.3) is 11.3 Å². The number of carbonyl (C=O) groups is 3. The maximum absolute atomic E-state index is 13.3. The Morgan fingerprint density at radius 3 is 2.74 bits per heavy atom. The van der Waals surface area contributed by atoms with Crippen LogP contribution in [0.3, 0.4) is 0 Å². The maximum Gasteiger partial charge on any atom is 0.411 e. The summed E-state index contributed by atoms with van der Waals surface area (Å²) in [6, 6.07) is 10.6. The molecule has 2 aliphatic rings. The van der Waals surface area contributed by atoms with Gasteiger partial charge in [0, 0.05) is 29.8 Å². The molecule has 38 heavy (non-hydrogen) atoms. The summed E-state index contributed by atoms with van der Waals surface area (Å²) in [7, 11) is 1.29. The molecule has 2 aromatic carbocycles. The van der Waals surface area contributed by atoms with Crippen LogP contribution >= 0.6 is 0 Å². The molecule has 5 rings (SSSR count). The van der Waals surface area contributed by atoms with Crippen LogP contribution in [0.5, 0.6) is 0 Å². The number of aromatic nitrogens is 2. The fourth-order valence-corrected chi connectivity index (χ4v) is 4.84. The molecule has 198 valence electrons. The van der Waals surface area contributed by atoms with Crippen molar-refractivity contribution in [2.45, 2.75) is 57.0 Å². The summed E-state index contributed by atoms with van der Waals surface area (Å²) in [5.41, 5.74) is 11.2. The molecule has 2 bridgehead atoms.